The second kappa shape index (κ2) is 11.0. The second-order valence-electron chi connectivity index (χ2n) is 7.75. The third kappa shape index (κ3) is 6.23. The van der Waals surface area contributed by atoms with Crippen molar-refractivity contribution in [3.63, 3.8) is 0 Å². The first kappa shape index (κ1) is 22.2. The Morgan fingerprint density at radius 2 is 2.03 bits per heavy atom. The highest BCUT2D eigenvalue weighted by Crippen LogP contribution is 2.30. The summed E-state index contributed by atoms with van der Waals surface area (Å²) in [6.45, 7) is 4.52. The van der Waals surface area contributed by atoms with Crippen LogP contribution in [-0.2, 0) is 20.7 Å². The van der Waals surface area contributed by atoms with Gasteiger partial charge in [-0.2, -0.15) is 15.0 Å². The van der Waals surface area contributed by atoms with E-state index >= 15 is 0 Å². The number of hydroxylamine groups is 2. The third-order valence-electron chi connectivity index (χ3n) is 5.57. The van der Waals surface area contributed by atoms with Gasteiger partial charge in [0.15, 0.2) is 0 Å². The quantitative estimate of drug-likeness (QED) is 0.284. The Morgan fingerprint density at radius 3 is 2.70 bits per heavy atom. The van der Waals surface area contributed by atoms with Crippen molar-refractivity contribution in [1.82, 2.24) is 25.4 Å². The van der Waals surface area contributed by atoms with E-state index in [4.69, 9.17) is 4.74 Å². The monoisotopic (exact) mass is 421 g/mol. The zero-order chi connectivity index (χ0) is 21.3. The maximum Gasteiger partial charge on any atom is 0.246 e. The zero-order valence-corrected chi connectivity index (χ0v) is 17.4. The maximum atomic E-state index is 12.8. The lowest BCUT2D eigenvalue weighted by molar-refractivity contribution is -0.154. The summed E-state index contributed by atoms with van der Waals surface area (Å²) in [5.74, 6) is 1.02. The van der Waals surface area contributed by atoms with Crippen molar-refractivity contribution < 1.29 is 19.5 Å². The minimum absolute atomic E-state index is 0.0516. The molecule has 2 amide bonds. The summed E-state index contributed by atoms with van der Waals surface area (Å²) in [6.07, 6.45) is 6.02. The average Bonchev–Trinajstić information content (AvgIpc) is 3.30. The van der Waals surface area contributed by atoms with Gasteiger partial charge < -0.3 is 9.64 Å². The number of hydrogen-bond donors (Lipinski definition) is 3. The fraction of sp³-hybridized carbons (Fsp3) is 0.737. The molecule has 0 spiro atoms. The van der Waals surface area contributed by atoms with Gasteiger partial charge in [0.25, 0.3) is 0 Å². The number of hydrazine groups is 1. The summed E-state index contributed by atoms with van der Waals surface area (Å²) in [5.41, 5.74) is 5.43. The van der Waals surface area contributed by atoms with E-state index in [2.05, 4.69) is 25.8 Å². The predicted octanol–water partition coefficient (Wildman–Crippen LogP) is 0.758. The van der Waals surface area contributed by atoms with E-state index in [1.807, 2.05) is 11.8 Å². The van der Waals surface area contributed by atoms with Gasteiger partial charge in [0, 0.05) is 19.5 Å². The molecule has 11 nitrogen and oxygen atoms in total. The third-order valence-corrected chi connectivity index (χ3v) is 5.57. The van der Waals surface area contributed by atoms with E-state index in [9.17, 15) is 14.8 Å². The van der Waals surface area contributed by atoms with Crippen LogP contribution in [0, 0.1) is 11.8 Å². The molecule has 1 aromatic rings. The van der Waals surface area contributed by atoms with Crippen LogP contribution in [0.5, 0.6) is 0 Å². The van der Waals surface area contributed by atoms with E-state index in [0.29, 0.717) is 68.3 Å². The summed E-state index contributed by atoms with van der Waals surface area (Å²) >= 11 is 0. The second-order valence-corrected chi connectivity index (χ2v) is 7.75. The molecule has 11 heteroatoms. The van der Waals surface area contributed by atoms with Gasteiger partial charge in [0.2, 0.25) is 24.2 Å². The molecule has 2 fully saturated rings. The van der Waals surface area contributed by atoms with Crippen molar-refractivity contribution in [2.24, 2.45) is 11.8 Å². The number of anilines is 2. The molecule has 1 aromatic heterocycles. The Bertz CT molecular complexity index is 708. The van der Waals surface area contributed by atoms with Gasteiger partial charge in [-0.15, -0.1) is 0 Å². The first-order valence-electron chi connectivity index (χ1n) is 10.6. The lowest BCUT2D eigenvalue weighted by atomic mass is 9.92. The highest BCUT2D eigenvalue weighted by molar-refractivity contribution is 5.80. The molecule has 2 aliphatic rings. The minimum atomic E-state index is -0.526. The fourth-order valence-electron chi connectivity index (χ4n) is 3.93. The number of carbonyl (C=O) groups is 2. The van der Waals surface area contributed by atoms with Crippen LogP contribution < -0.4 is 15.8 Å². The molecule has 3 rings (SSSR count). The Hall–Kier alpha value is -2.53. The Morgan fingerprint density at radius 1 is 1.30 bits per heavy atom. The van der Waals surface area contributed by atoms with Crippen molar-refractivity contribution >= 4 is 24.2 Å². The Labute approximate surface area is 176 Å². The van der Waals surface area contributed by atoms with Gasteiger partial charge in [0.05, 0.1) is 25.7 Å². The number of aryl methyl sites for hydroxylation is 1. The standard InChI is InChI=1S/C19H31N7O4/c1-2-16-20-18(22-19(21-16)25-7-9-30-10-8-25)24-23-17(28)15(12-26(29)13-27)11-14-5-3-4-6-14/h13-15,29H,2-12H2,1H3,(H,23,28)(H,20,21,22,24). The number of morpholine rings is 1. The van der Waals surface area contributed by atoms with E-state index in [1.54, 1.807) is 0 Å². The van der Waals surface area contributed by atoms with E-state index in [0.717, 1.165) is 25.7 Å². The van der Waals surface area contributed by atoms with Crippen molar-refractivity contribution in [3.8, 4) is 0 Å². The lowest BCUT2D eigenvalue weighted by Gasteiger charge is -2.27. The number of amides is 2. The van der Waals surface area contributed by atoms with Gasteiger partial charge in [-0.1, -0.05) is 32.6 Å². The SMILES string of the molecule is CCc1nc(NNC(=O)C(CC2CCCC2)CN(O)C=O)nc(N2CCOCC2)n1. The zero-order valence-electron chi connectivity index (χ0n) is 17.4. The molecule has 1 aliphatic carbocycles. The summed E-state index contributed by atoms with van der Waals surface area (Å²) in [4.78, 5) is 38.9. The van der Waals surface area contributed by atoms with Crippen molar-refractivity contribution in [3.05, 3.63) is 5.82 Å². The van der Waals surface area contributed by atoms with Gasteiger partial charge in [-0.05, 0) is 12.3 Å². The Kier molecular flexibility index (Phi) is 8.14. The molecule has 2 heterocycles. The first-order chi connectivity index (χ1) is 14.6. The lowest BCUT2D eigenvalue weighted by Crippen LogP contribution is -2.41. The number of nitrogens with one attached hydrogen (secondary N) is 2. The largest absolute Gasteiger partial charge is 0.378 e. The minimum Gasteiger partial charge on any atom is -0.378 e. The van der Waals surface area contributed by atoms with Gasteiger partial charge in [-0.25, -0.2) is 5.06 Å². The topological polar surface area (TPSA) is 133 Å². The van der Waals surface area contributed by atoms with E-state index in [1.165, 1.54) is 0 Å². The molecule has 1 saturated heterocycles. The number of hydrogen-bond acceptors (Lipinski definition) is 9. The van der Waals surface area contributed by atoms with Crippen LogP contribution in [0.25, 0.3) is 0 Å². The van der Waals surface area contributed by atoms with Crippen LogP contribution >= 0.6 is 0 Å². The molecule has 1 unspecified atom stereocenters. The highest BCUT2D eigenvalue weighted by atomic mass is 16.5. The van der Waals surface area contributed by atoms with E-state index < -0.39 is 5.92 Å². The Balaban J connectivity index is 1.64. The number of aromatic nitrogens is 3. The molecule has 0 bridgehead atoms. The molecular formula is C19H31N7O4. The fourth-order valence-corrected chi connectivity index (χ4v) is 3.93. The summed E-state index contributed by atoms with van der Waals surface area (Å²) in [7, 11) is 0. The summed E-state index contributed by atoms with van der Waals surface area (Å²) in [5, 5.41) is 10.1. The molecule has 1 aliphatic heterocycles. The molecule has 166 valence electrons. The highest BCUT2D eigenvalue weighted by Gasteiger charge is 2.27. The van der Waals surface area contributed by atoms with Crippen LogP contribution in [0.2, 0.25) is 0 Å². The van der Waals surface area contributed by atoms with Crippen LogP contribution in [0.4, 0.5) is 11.9 Å². The van der Waals surface area contributed by atoms with Crippen LogP contribution in [0.15, 0.2) is 0 Å². The van der Waals surface area contributed by atoms with Crippen LogP contribution in [0.3, 0.4) is 0 Å². The summed E-state index contributed by atoms with van der Waals surface area (Å²) < 4.78 is 5.37. The maximum absolute atomic E-state index is 12.8. The number of carbonyl (C=O) groups excluding carboxylic acids is 2. The van der Waals surface area contributed by atoms with Crippen molar-refractivity contribution in [2.75, 3.05) is 43.2 Å². The predicted molar refractivity (Wildman–Crippen MR) is 109 cm³/mol. The number of nitrogens with zero attached hydrogens (tertiary/aromatic N) is 5. The first-order valence-corrected chi connectivity index (χ1v) is 10.6. The molecule has 30 heavy (non-hydrogen) atoms. The summed E-state index contributed by atoms with van der Waals surface area (Å²) in [6, 6.07) is 0. The van der Waals surface area contributed by atoms with Crippen molar-refractivity contribution in [1.29, 1.82) is 0 Å². The van der Waals surface area contributed by atoms with Crippen LogP contribution in [-0.4, -0.2) is 70.4 Å². The van der Waals surface area contributed by atoms with Crippen LogP contribution in [0.1, 0.15) is 44.9 Å². The molecule has 0 aromatic carbocycles. The van der Waals surface area contributed by atoms with Gasteiger partial charge >= 0.3 is 0 Å². The van der Waals surface area contributed by atoms with Gasteiger partial charge in [-0.3, -0.25) is 25.6 Å². The molecule has 3 N–H and O–H groups in total. The normalized spacial score (nSPS) is 18.1. The molecule has 1 atom stereocenters. The smallest absolute Gasteiger partial charge is 0.246 e. The average molecular weight is 422 g/mol. The number of ether oxygens (including phenoxy) is 1. The molecule has 0 radical (unpaired) electrons. The number of rotatable bonds is 10. The van der Waals surface area contributed by atoms with Crippen molar-refractivity contribution in [2.45, 2.75) is 45.4 Å². The van der Waals surface area contributed by atoms with Gasteiger partial charge in [0.1, 0.15) is 5.82 Å². The van der Waals surface area contributed by atoms with E-state index in [-0.39, 0.29) is 18.4 Å². The molecular weight excluding hydrogens is 390 g/mol. The molecule has 1 saturated carbocycles.